The summed E-state index contributed by atoms with van der Waals surface area (Å²) in [7, 11) is 0. The van der Waals surface area contributed by atoms with Crippen LogP contribution in [-0.4, -0.2) is 18.5 Å². The van der Waals surface area contributed by atoms with E-state index in [1.54, 1.807) is 11.3 Å². The first kappa shape index (κ1) is 13.1. The second-order valence-corrected chi connectivity index (χ2v) is 7.02. The van der Waals surface area contributed by atoms with Gasteiger partial charge in [-0.1, -0.05) is 6.92 Å². The van der Waals surface area contributed by atoms with Crippen molar-refractivity contribution >= 4 is 33.2 Å². The third kappa shape index (κ3) is 3.53. The number of thiophene rings is 1. The number of halogens is 1. The molecule has 1 saturated heterocycles. The SMILES string of the molecule is CC1CCCNC1C(=O)NCc1ccc(Br)s1. The lowest BCUT2D eigenvalue weighted by molar-refractivity contribution is -0.125. The second-order valence-electron chi connectivity index (χ2n) is 4.47. The monoisotopic (exact) mass is 316 g/mol. The van der Waals surface area contributed by atoms with Gasteiger partial charge in [0.25, 0.3) is 0 Å². The standard InChI is InChI=1S/C12H17BrN2OS/c1-8-3-2-6-14-11(8)12(16)15-7-9-4-5-10(13)17-9/h4-5,8,11,14H,2-3,6-7H2,1H3,(H,15,16). The Morgan fingerprint density at radius 1 is 1.65 bits per heavy atom. The number of hydrogen-bond acceptors (Lipinski definition) is 3. The van der Waals surface area contributed by atoms with Crippen molar-refractivity contribution in [2.75, 3.05) is 6.54 Å². The van der Waals surface area contributed by atoms with E-state index >= 15 is 0 Å². The molecule has 0 aromatic carbocycles. The fourth-order valence-electron chi connectivity index (χ4n) is 2.13. The molecule has 2 unspecified atom stereocenters. The highest BCUT2D eigenvalue weighted by atomic mass is 79.9. The Bertz CT molecular complexity index is 394. The maximum absolute atomic E-state index is 12.0. The smallest absolute Gasteiger partial charge is 0.237 e. The minimum atomic E-state index is -0.0212. The molecule has 2 rings (SSSR count). The maximum atomic E-state index is 12.0. The molecular weight excluding hydrogens is 300 g/mol. The molecule has 1 aromatic heterocycles. The van der Waals surface area contributed by atoms with E-state index in [4.69, 9.17) is 0 Å². The van der Waals surface area contributed by atoms with E-state index in [1.165, 1.54) is 11.3 Å². The highest BCUT2D eigenvalue weighted by molar-refractivity contribution is 9.11. The van der Waals surface area contributed by atoms with Gasteiger partial charge in [0.2, 0.25) is 5.91 Å². The average molecular weight is 317 g/mol. The van der Waals surface area contributed by atoms with Gasteiger partial charge in [0.1, 0.15) is 0 Å². The lowest BCUT2D eigenvalue weighted by Crippen LogP contribution is -2.50. The van der Waals surface area contributed by atoms with Crippen LogP contribution in [0.25, 0.3) is 0 Å². The first-order chi connectivity index (χ1) is 8.16. The highest BCUT2D eigenvalue weighted by Gasteiger charge is 2.26. The van der Waals surface area contributed by atoms with Gasteiger partial charge in [-0.05, 0) is 53.4 Å². The van der Waals surface area contributed by atoms with Gasteiger partial charge in [-0.15, -0.1) is 11.3 Å². The van der Waals surface area contributed by atoms with Crippen LogP contribution in [0.2, 0.25) is 0 Å². The van der Waals surface area contributed by atoms with Gasteiger partial charge in [0.05, 0.1) is 16.4 Å². The Balaban J connectivity index is 1.84. The summed E-state index contributed by atoms with van der Waals surface area (Å²) >= 11 is 5.08. The molecule has 2 N–H and O–H groups in total. The maximum Gasteiger partial charge on any atom is 0.237 e. The Labute approximate surface area is 114 Å². The van der Waals surface area contributed by atoms with Gasteiger partial charge in [-0.3, -0.25) is 4.79 Å². The van der Waals surface area contributed by atoms with E-state index < -0.39 is 0 Å². The van der Waals surface area contributed by atoms with E-state index in [1.807, 2.05) is 12.1 Å². The molecule has 0 saturated carbocycles. The second kappa shape index (κ2) is 5.98. The molecule has 1 aromatic rings. The number of carbonyl (C=O) groups excluding carboxylic acids is 1. The molecule has 2 heterocycles. The largest absolute Gasteiger partial charge is 0.350 e. The zero-order valence-electron chi connectivity index (χ0n) is 9.83. The summed E-state index contributed by atoms with van der Waals surface area (Å²) in [6.45, 7) is 3.71. The molecule has 1 fully saturated rings. The van der Waals surface area contributed by atoms with Crippen LogP contribution in [0.4, 0.5) is 0 Å². The number of nitrogens with one attached hydrogen (secondary N) is 2. The molecule has 2 atom stereocenters. The van der Waals surface area contributed by atoms with Crippen molar-refractivity contribution in [1.82, 2.24) is 10.6 Å². The summed E-state index contributed by atoms with van der Waals surface area (Å²) in [6.07, 6.45) is 2.30. The fourth-order valence-corrected chi connectivity index (χ4v) is 3.55. The summed E-state index contributed by atoms with van der Waals surface area (Å²) in [5.41, 5.74) is 0. The predicted molar refractivity (Wildman–Crippen MR) is 74.1 cm³/mol. The first-order valence-electron chi connectivity index (χ1n) is 5.92. The highest BCUT2D eigenvalue weighted by Crippen LogP contribution is 2.22. The predicted octanol–water partition coefficient (Wildman–Crippen LogP) is 2.51. The average Bonchev–Trinajstić information content (AvgIpc) is 2.73. The Hall–Kier alpha value is -0.390. The normalized spacial score (nSPS) is 24.6. The van der Waals surface area contributed by atoms with E-state index in [-0.39, 0.29) is 11.9 Å². The summed E-state index contributed by atoms with van der Waals surface area (Å²) in [5.74, 6) is 0.556. The van der Waals surface area contributed by atoms with E-state index in [0.29, 0.717) is 12.5 Å². The minimum Gasteiger partial charge on any atom is -0.350 e. The van der Waals surface area contributed by atoms with Crippen LogP contribution in [0.1, 0.15) is 24.6 Å². The molecule has 0 aliphatic carbocycles. The third-order valence-electron chi connectivity index (χ3n) is 3.12. The molecule has 17 heavy (non-hydrogen) atoms. The van der Waals surface area contributed by atoms with Gasteiger partial charge in [-0.2, -0.15) is 0 Å². The van der Waals surface area contributed by atoms with E-state index in [2.05, 4.69) is 33.5 Å². The van der Waals surface area contributed by atoms with Crippen LogP contribution < -0.4 is 10.6 Å². The number of hydrogen-bond donors (Lipinski definition) is 2. The third-order valence-corrected chi connectivity index (χ3v) is 4.74. The fraction of sp³-hybridized carbons (Fsp3) is 0.583. The summed E-state index contributed by atoms with van der Waals surface area (Å²) < 4.78 is 1.10. The van der Waals surface area contributed by atoms with Crippen molar-refractivity contribution in [2.24, 2.45) is 5.92 Å². The summed E-state index contributed by atoms with van der Waals surface area (Å²) in [5, 5.41) is 6.29. The lowest BCUT2D eigenvalue weighted by atomic mass is 9.92. The number of carbonyl (C=O) groups is 1. The van der Waals surface area contributed by atoms with Crippen molar-refractivity contribution in [1.29, 1.82) is 0 Å². The van der Waals surface area contributed by atoms with Crippen molar-refractivity contribution in [3.63, 3.8) is 0 Å². The molecule has 1 amide bonds. The minimum absolute atomic E-state index is 0.0212. The van der Waals surface area contributed by atoms with Crippen molar-refractivity contribution in [2.45, 2.75) is 32.4 Å². The molecule has 1 aliphatic rings. The van der Waals surface area contributed by atoms with Gasteiger partial charge in [0.15, 0.2) is 0 Å². The van der Waals surface area contributed by atoms with Gasteiger partial charge >= 0.3 is 0 Å². The van der Waals surface area contributed by atoms with Crippen molar-refractivity contribution < 1.29 is 4.79 Å². The van der Waals surface area contributed by atoms with Crippen LogP contribution in [0.5, 0.6) is 0 Å². The molecule has 0 bridgehead atoms. The molecule has 0 spiro atoms. The quantitative estimate of drug-likeness (QED) is 0.899. The molecule has 5 heteroatoms. The van der Waals surface area contributed by atoms with Crippen LogP contribution in [0.15, 0.2) is 15.9 Å². The van der Waals surface area contributed by atoms with Crippen molar-refractivity contribution in [3.05, 3.63) is 20.8 Å². The van der Waals surface area contributed by atoms with E-state index in [0.717, 1.165) is 16.8 Å². The van der Waals surface area contributed by atoms with Crippen LogP contribution in [-0.2, 0) is 11.3 Å². The zero-order chi connectivity index (χ0) is 12.3. The Kier molecular flexibility index (Phi) is 4.59. The molecule has 3 nitrogen and oxygen atoms in total. The Morgan fingerprint density at radius 3 is 3.12 bits per heavy atom. The Morgan fingerprint density at radius 2 is 2.47 bits per heavy atom. The van der Waals surface area contributed by atoms with Gasteiger partial charge in [-0.25, -0.2) is 0 Å². The number of rotatable bonds is 3. The molecule has 1 aliphatic heterocycles. The van der Waals surface area contributed by atoms with Crippen LogP contribution >= 0.6 is 27.3 Å². The first-order valence-corrected chi connectivity index (χ1v) is 7.53. The summed E-state index contributed by atoms with van der Waals surface area (Å²) in [6, 6.07) is 4.02. The van der Waals surface area contributed by atoms with E-state index in [9.17, 15) is 4.79 Å². The topological polar surface area (TPSA) is 41.1 Å². The number of piperidine rings is 1. The molecular formula is C12H17BrN2OS. The number of amides is 1. The van der Waals surface area contributed by atoms with Gasteiger partial charge < -0.3 is 10.6 Å². The van der Waals surface area contributed by atoms with Crippen LogP contribution in [0, 0.1) is 5.92 Å². The molecule has 0 radical (unpaired) electrons. The van der Waals surface area contributed by atoms with Crippen molar-refractivity contribution in [3.8, 4) is 0 Å². The van der Waals surface area contributed by atoms with Gasteiger partial charge in [0, 0.05) is 4.88 Å². The summed E-state index contributed by atoms with van der Waals surface area (Å²) in [4.78, 5) is 13.2. The zero-order valence-corrected chi connectivity index (χ0v) is 12.2. The van der Waals surface area contributed by atoms with Crippen LogP contribution in [0.3, 0.4) is 0 Å². The molecule has 94 valence electrons. The lowest BCUT2D eigenvalue weighted by Gasteiger charge is -2.28.